The molecule has 2 atom stereocenters. The largest absolute Gasteiger partial charge is 0.427 e. The van der Waals surface area contributed by atoms with E-state index in [0.29, 0.717) is 36.6 Å². The summed E-state index contributed by atoms with van der Waals surface area (Å²) in [5.41, 5.74) is 2.73. The molecule has 5 amide bonds. The molecule has 2 aliphatic carbocycles. The summed E-state index contributed by atoms with van der Waals surface area (Å²) in [6.45, 7) is 4.12. The van der Waals surface area contributed by atoms with Gasteiger partial charge in [-0.1, -0.05) is 35.9 Å². The first-order valence-corrected chi connectivity index (χ1v) is 12.7. The lowest BCUT2D eigenvalue weighted by Gasteiger charge is -2.31. The van der Waals surface area contributed by atoms with E-state index in [1.165, 1.54) is 7.05 Å². The van der Waals surface area contributed by atoms with E-state index < -0.39 is 17.6 Å². The van der Waals surface area contributed by atoms with E-state index in [4.69, 9.17) is 4.74 Å². The first kappa shape index (κ1) is 24.8. The van der Waals surface area contributed by atoms with Gasteiger partial charge in [0.05, 0.1) is 0 Å². The number of rotatable bonds is 7. The number of hydrogen-bond acceptors (Lipinski definition) is 5. The molecular weight excluding hydrogens is 472 g/mol. The second-order valence-electron chi connectivity index (χ2n) is 10.2. The summed E-state index contributed by atoms with van der Waals surface area (Å²) in [5, 5.41) is 5.21. The molecule has 1 saturated heterocycles. The number of carbonyl (C=O) groups is 4. The van der Waals surface area contributed by atoms with E-state index >= 15 is 0 Å². The van der Waals surface area contributed by atoms with E-state index in [9.17, 15) is 19.2 Å². The van der Waals surface area contributed by atoms with Crippen molar-refractivity contribution in [1.82, 2.24) is 15.1 Å². The lowest BCUT2D eigenvalue weighted by molar-refractivity contribution is -0.143. The monoisotopic (exact) mass is 504 g/mol. The van der Waals surface area contributed by atoms with Crippen LogP contribution in [0.15, 0.2) is 42.5 Å². The summed E-state index contributed by atoms with van der Waals surface area (Å²) in [6, 6.07) is 12.9. The summed E-state index contributed by atoms with van der Waals surface area (Å²) >= 11 is 0. The Morgan fingerprint density at radius 1 is 1.16 bits per heavy atom. The van der Waals surface area contributed by atoms with Crippen molar-refractivity contribution in [2.24, 2.45) is 5.92 Å². The summed E-state index contributed by atoms with van der Waals surface area (Å²) in [6.07, 6.45) is 2.15. The lowest BCUT2D eigenvalue weighted by atomic mass is 9.94. The number of amides is 5. The molecule has 37 heavy (non-hydrogen) atoms. The van der Waals surface area contributed by atoms with Crippen molar-refractivity contribution in [2.75, 3.05) is 18.9 Å². The molecule has 2 fully saturated rings. The summed E-state index contributed by atoms with van der Waals surface area (Å²) in [4.78, 5) is 54.5. The van der Waals surface area contributed by atoms with E-state index in [2.05, 4.69) is 10.6 Å². The molecule has 0 aromatic heterocycles. The van der Waals surface area contributed by atoms with Crippen LogP contribution in [-0.2, 0) is 32.9 Å². The number of ether oxygens (including phenoxy) is 1. The molecule has 1 spiro atoms. The van der Waals surface area contributed by atoms with Gasteiger partial charge in [0.25, 0.3) is 5.91 Å². The van der Waals surface area contributed by atoms with Crippen molar-refractivity contribution in [3.05, 3.63) is 64.7 Å². The van der Waals surface area contributed by atoms with Gasteiger partial charge in [0.15, 0.2) is 0 Å². The Hall–Kier alpha value is -3.88. The van der Waals surface area contributed by atoms with Gasteiger partial charge >= 0.3 is 12.1 Å². The van der Waals surface area contributed by atoms with Crippen LogP contribution in [0.4, 0.5) is 15.3 Å². The second kappa shape index (κ2) is 9.53. The van der Waals surface area contributed by atoms with Crippen molar-refractivity contribution < 1.29 is 23.9 Å². The van der Waals surface area contributed by atoms with Gasteiger partial charge in [-0.15, -0.1) is 0 Å². The number of fused-ring (bicyclic) bond motifs is 2. The highest BCUT2D eigenvalue weighted by Crippen LogP contribution is 2.46. The average Bonchev–Trinajstić information content (AvgIpc) is 3.64. The van der Waals surface area contributed by atoms with Crippen LogP contribution in [0.1, 0.15) is 48.4 Å². The van der Waals surface area contributed by atoms with E-state index in [0.717, 1.165) is 34.4 Å². The van der Waals surface area contributed by atoms with Crippen LogP contribution in [0, 0.1) is 12.8 Å². The van der Waals surface area contributed by atoms with Crippen molar-refractivity contribution >= 4 is 29.6 Å². The zero-order valence-corrected chi connectivity index (χ0v) is 21.4. The third-order valence-electron chi connectivity index (χ3n) is 7.73. The molecule has 9 nitrogen and oxygen atoms in total. The van der Waals surface area contributed by atoms with E-state index in [-0.39, 0.29) is 24.5 Å². The highest BCUT2D eigenvalue weighted by atomic mass is 16.6. The predicted octanol–water partition coefficient (Wildman–Crippen LogP) is 3.69. The van der Waals surface area contributed by atoms with Crippen LogP contribution in [0.2, 0.25) is 0 Å². The van der Waals surface area contributed by atoms with Crippen LogP contribution in [0.25, 0.3) is 0 Å². The maximum Gasteiger partial charge on any atom is 0.418 e. The minimum Gasteiger partial charge on any atom is -0.427 e. The maximum absolute atomic E-state index is 13.6. The Morgan fingerprint density at radius 2 is 1.89 bits per heavy atom. The number of nitrogens with zero attached hydrogens (tertiary/aromatic N) is 2. The molecule has 194 valence electrons. The molecule has 0 unspecified atom stereocenters. The van der Waals surface area contributed by atoms with Crippen LogP contribution in [0.3, 0.4) is 0 Å². The summed E-state index contributed by atoms with van der Waals surface area (Å²) in [7, 11) is 1.53. The number of benzene rings is 2. The second-order valence-corrected chi connectivity index (χ2v) is 10.2. The number of aryl methyl sites for hydroxylation is 2. The Labute approximate surface area is 216 Å². The number of carbonyl (C=O) groups excluding carboxylic acids is 4. The van der Waals surface area contributed by atoms with Crippen molar-refractivity contribution in [3.8, 4) is 0 Å². The molecule has 2 aromatic carbocycles. The fraction of sp³-hybridized carbons (Fsp3) is 0.429. The number of urea groups is 1. The highest BCUT2D eigenvalue weighted by molar-refractivity contribution is 6.06. The van der Waals surface area contributed by atoms with Crippen molar-refractivity contribution in [2.45, 2.75) is 57.7 Å². The van der Waals surface area contributed by atoms with Gasteiger partial charge in [-0.3, -0.25) is 9.59 Å². The average molecular weight is 505 g/mol. The molecule has 2 N–H and O–H groups in total. The third kappa shape index (κ3) is 4.65. The molecule has 0 radical (unpaired) electrons. The van der Waals surface area contributed by atoms with Gasteiger partial charge in [0.2, 0.25) is 11.5 Å². The van der Waals surface area contributed by atoms with Gasteiger partial charge in [-0.25, -0.2) is 14.5 Å². The Kier molecular flexibility index (Phi) is 6.39. The Bertz CT molecular complexity index is 1260. The predicted molar refractivity (Wildman–Crippen MR) is 137 cm³/mol. The van der Waals surface area contributed by atoms with Gasteiger partial charge < -0.3 is 20.3 Å². The number of nitrogens with one attached hydrogen (secondary N) is 2. The van der Waals surface area contributed by atoms with Gasteiger partial charge in [0, 0.05) is 37.3 Å². The van der Waals surface area contributed by atoms with Crippen LogP contribution >= 0.6 is 0 Å². The molecule has 1 saturated carbocycles. The smallest absolute Gasteiger partial charge is 0.418 e. The first-order chi connectivity index (χ1) is 17.7. The molecule has 1 aliphatic heterocycles. The van der Waals surface area contributed by atoms with Crippen LogP contribution in [0.5, 0.6) is 0 Å². The minimum absolute atomic E-state index is 0.00920. The van der Waals surface area contributed by atoms with Crippen molar-refractivity contribution in [1.29, 1.82) is 0 Å². The van der Waals surface area contributed by atoms with Crippen molar-refractivity contribution in [3.63, 3.8) is 0 Å². The Morgan fingerprint density at radius 3 is 2.57 bits per heavy atom. The zero-order chi connectivity index (χ0) is 26.3. The molecular formula is C28H32N4O5. The number of anilines is 1. The van der Waals surface area contributed by atoms with E-state index in [1.807, 2.05) is 38.1 Å². The fourth-order valence-electron chi connectivity index (χ4n) is 5.33. The van der Waals surface area contributed by atoms with Crippen LogP contribution in [-0.4, -0.2) is 53.4 Å². The molecule has 5 rings (SSSR count). The quantitative estimate of drug-likeness (QED) is 0.598. The molecule has 2 aromatic rings. The molecule has 1 heterocycles. The number of hydrogen-bond donors (Lipinski definition) is 2. The zero-order valence-electron chi connectivity index (χ0n) is 21.4. The SMILES string of the molecule is CNC(=O)Nc1ccc2c(c1)CC[C@@]21OC(=O)N(CC(=O)N(Cc2ccc(C)cc2)[C@@H](C)C2CC2)C1=O. The lowest BCUT2D eigenvalue weighted by Crippen LogP contribution is -2.47. The molecule has 3 aliphatic rings. The topological polar surface area (TPSA) is 108 Å². The first-order valence-electron chi connectivity index (χ1n) is 12.7. The maximum atomic E-state index is 13.6. The summed E-state index contributed by atoms with van der Waals surface area (Å²) < 4.78 is 5.70. The molecule has 9 heteroatoms. The van der Waals surface area contributed by atoms with Crippen LogP contribution < -0.4 is 10.6 Å². The minimum atomic E-state index is -1.43. The number of imide groups is 1. The standard InChI is InChI=1S/C28H32N4O5/c1-17-4-6-19(7-5-17)15-31(18(2)20-8-9-20)24(33)16-32-25(34)28(37-27(32)36)13-12-21-14-22(10-11-23(21)28)30-26(35)29-3/h4-7,10-11,14,18,20H,8-9,12-13,15-16H2,1-3H3,(H2,29,30,35)/t18-,28+/m0/s1. The highest BCUT2D eigenvalue weighted by Gasteiger charge is 2.58. The van der Waals surface area contributed by atoms with Gasteiger partial charge in [0.1, 0.15) is 6.54 Å². The van der Waals surface area contributed by atoms with E-state index in [1.54, 1.807) is 23.1 Å². The van der Waals surface area contributed by atoms with Gasteiger partial charge in [-0.2, -0.15) is 0 Å². The summed E-state index contributed by atoms with van der Waals surface area (Å²) in [5.74, 6) is -0.349. The van der Waals surface area contributed by atoms with Gasteiger partial charge in [-0.05, 0) is 62.3 Å². The normalized spacial score (nSPS) is 21.0. The Balaban J connectivity index is 1.34. The third-order valence-corrected chi connectivity index (χ3v) is 7.73. The molecule has 0 bridgehead atoms. The fourth-order valence-corrected chi connectivity index (χ4v) is 5.33.